The summed E-state index contributed by atoms with van der Waals surface area (Å²) >= 11 is 0. The smallest absolute Gasteiger partial charge is 0.126 e. The molecule has 0 radical (unpaired) electrons. The number of nitrogens with two attached hydrogens (primary N) is 1. The quantitative estimate of drug-likeness (QED) is 0.584. The molecule has 2 N–H and O–H groups in total. The molecule has 0 saturated heterocycles. The summed E-state index contributed by atoms with van der Waals surface area (Å²) < 4.78 is 25.8. The van der Waals surface area contributed by atoms with Crippen LogP contribution in [0.25, 0.3) is 0 Å². The minimum Gasteiger partial charge on any atom is -0.327 e. The summed E-state index contributed by atoms with van der Waals surface area (Å²) in [6.45, 7) is 3.62. The Morgan fingerprint density at radius 3 is 2.44 bits per heavy atom. The first-order valence-corrected chi connectivity index (χ1v) is 5.43. The monoisotopic (exact) mass is 225 g/mol. The molecule has 1 aromatic rings. The summed E-state index contributed by atoms with van der Waals surface area (Å²) in [5, 5.41) is 0. The Morgan fingerprint density at radius 2 is 1.88 bits per heavy atom. The first-order chi connectivity index (χ1) is 7.61. The molecule has 1 rings (SSSR count). The normalized spacial score (nSPS) is 12.4. The summed E-state index contributed by atoms with van der Waals surface area (Å²) in [6, 6.07) is 3.47. The molecule has 0 saturated carbocycles. The van der Waals surface area contributed by atoms with Gasteiger partial charge in [-0.1, -0.05) is 6.08 Å². The maximum absolute atomic E-state index is 12.9. The number of unbranched alkanes of at least 4 members (excludes halogenated alkanes) is 1. The van der Waals surface area contributed by atoms with Gasteiger partial charge in [0, 0.05) is 12.1 Å². The third-order valence-corrected chi connectivity index (χ3v) is 2.40. The van der Waals surface area contributed by atoms with Gasteiger partial charge >= 0.3 is 0 Å². The van der Waals surface area contributed by atoms with Gasteiger partial charge in [0.15, 0.2) is 0 Å². The molecule has 3 heteroatoms. The van der Waals surface area contributed by atoms with E-state index in [0.29, 0.717) is 12.0 Å². The molecular weight excluding hydrogens is 208 g/mol. The molecule has 0 aliphatic rings. The van der Waals surface area contributed by atoms with Crippen LogP contribution in [0.2, 0.25) is 0 Å². The van der Waals surface area contributed by atoms with Crippen molar-refractivity contribution in [2.24, 2.45) is 5.73 Å². The predicted octanol–water partition coefficient (Wildman–Crippen LogP) is 3.19. The first-order valence-electron chi connectivity index (χ1n) is 5.43. The average molecular weight is 225 g/mol. The predicted molar refractivity (Wildman–Crippen MR) is 62.1 cm³/mol. The molecule has 16 heavy (non-hydrogen) atoms. The zero-order chi connectivity index (χ0) is 12.0. The van der Waals surface area contributed by atoms with Gasteiger partial charge in [-0.15, -0.1) is 6.58 Å². The molecule has 0 fully saturated rings. The SMILES string of the molecule is C=CCCCC(N)Cc1cc(F)cc(F)c1. The van der Waals surface area contributed by atoms with Crippen molar-refractivity contribution in [2.75, 3.05) is 0 Å². The van der Waals surface area contributed by atoms with Crippen LogP contribution in [0.1, 0.15) is 24.8 Å². The fourth-order valence-corrected chi connectivity index (χ4v) is 1.66. The minimum absolute atomic E-state index is 0.0545. The van der Waals surface area contributed by atoms with Crippen LogP contribution in [-0.4, -0.2) is 6.04 Å². The topological polar surface area (TPSA) is 26.0 Å². The standard InChI is InChI=1S/C13H17F2N/c1-2-3-4-5-13(16)8-10-6-11(14)9-12(15)7-10/h2,6-7,9,13H,1,3-5,8,16H2. The van der Waals surface area contributed by atoms with Gasteiger partial charge in [-0.25, -0.2) is 8.78 Å². The lowest BCUT2D eigenvalue weighted by molar-refractivity contribution is 0.561. The molecule has 1 unspecified atom stereocenters. The van der Waals surface area contributed by atoms with Gasteiger partial charge in [0.25, 0.3) is 0 Å². The van der Waals surface area contributed by atoms with Gasteiger partial charge in [0.1, 0.15) is 11.6 Å². The summed E-state index contributed by atoms with van der Waals surface area (Å²) in [5.41, 5.74) is 6.48. The summed E-state index contributed by atoms with van der Waals surface area (Å²) in [4.78, 5) is 0. The number of benzene rings is 1. The molecule has 1 nitrogen and oxygen atoms in total. The molecule has 0 bridgehead atoms. The van der Waals surface area contributed by atoms with Crippen molar-refractivity contribution < 1.29 is 8.78 Å². The molecule has 0 aliphatic heterocycles. The molecule has 0 heterocycles. The van der Waals surface area contributed by atoms with Crippen molar-refractivity contribution in [1.82, 2.24) is 0 Å². The van der Waals surface area contributed by atoms with Crippen LogP contribution in [0.15, 0.2) is 30.9 Å². The van der Waals surface area contributed by atoms with E-state index in [1.54, 1.807) is 0 Å². The van der Waals surface area contributed by atoms with Crippen molar-refractivity contribution in [1.29, 1.82) is 0 Å². The van der Waals surface area contributed by atoms with Crippen LogP contribution in [0.3, 0.4) is 0 Å². The lowest BCUT2D eigenvalue weighted by Crippen LogP contribution is -2.22. The van der Waals surface area contributed by atoms with E-state index in [4.69, 9.17) is 5.73 Å². The van der Waals surface area contributed by atoms with E-state index >= 15 is 0 Å². The molecular formula is C13H17F2N. The molecule has 88 valence electrons. The van der Waals surface area contributed by atoms with Gasteiger partial charge in [-0.2, -0.15) is 0 Å². The van der Waals surface area contributed by atoms with Crippen molar-refractivity contribution in [3.05, 3.63) is 48.1 Å². The third-order valence-electron chi connectivity index (χ3n) is 2.40. The summed E-state index contributed by atoms with van der Waals surface area (Å²) in [6.07, 6.45) is 5.07. The Kier molecular flexibility index (Phi) is 5.12. The second kappa shape index (κ2) is 6.38. The van der Waals surface area contributed by atoms with E-state index in [-0.39, 0.29) is 6.04 Å². The van der Waals surface area contributed by atoms with Crippen LogP contribution >= 0.6 is 0 Å². The van der Waals surface area contributed by atoms with Crippen molar-refractivity contribution >= 4 is 0 Å². The van der Waals surface area contributed by atoms with E-state index < -0.39 is 11.6 Å². The Hall–Kier alpha value is -1.22. The molecule has 0 spiro atoms. The molecule has 0 aromatic heterocycles. The Morgan fingerprint density at radius 1 is 1.25 bits per heavy atom. The fraction of sp³-hybridized carbons (Fsp3) is 0.385. The Bertz CT molecular complexity index is 330. The second-order valence-corrected chi connectivity index (χ2v) is 3.96. The molecule has 0 aliphatic carbocycles. The largest absolute Gasteiger partial charge is 0.327 e. The molecule has 0 amide bonds. The lowest BCUT2D eigenvalue weighted by Gasteiger charge is -2.11. The average Bonchev–Trinajstić information content (AvgIpc) is 2.16. The number of rotatable bonds is 6. The fourth-order valence-electron chi connectivity index (χ4n) is 1.66. The number of halogens is 2. The van der Waals surface area contributed by atoms with Crippen molar-refractivity contribution in [3.8, 4) is 0 Å². The van der Waals surface area contributed by atoms with Gasteiger partial charge in [0.2, 0.25) is 0 Å². The van der Waals surface area contributed by atoms with Crippen LogP contribution in [-0.2, 0) is 6.42 Å². The third kappa shape index (κ3) is 4.53. The van der Waals surface area contributed by atoms with Gasteiger partial charge in [0.05, 0.1) is 0 Å². The Labute approximate surface area is 95.0 Å². The van der Waals surface area contributed by atoms with Crippen LogP contribution < -0.4 is 5.73 Å². The maximum Gasteiger partial charge on any atom is 0.126 e. The van der Waals surface area contributed by atoms with Crippen LogP contribution in [0.5, 0.6) is 0 Å². The number of hydrogen-bond donors (Lipinski definition) is 1. The molecule has 1 aromatic carbocycles. The maximum atomic E-state index is 12.9. The van der Waals surface area contributed by atoms with E-state index in [0.717, 1.165) is 25.3 Å². The molecule has 1 atom stereocenters. The summed E-state index contributed by atoms with van der Waals surface area (Å²) in [7, 11) is 0. The highest BCUT2D eigenvalue weighted by Crippen LogP contribution is 2.11. The van der Waals surface area contributed by atoms with Crippen LogP contribution in [0, 0.1) is 11.6 Å². The minimum atomic E-state index is -0.548. The zero-order valence-electron chi connectivity index (χ0n) is 9.26. The van der Waals surface area contributed by atoms with Gasteiger partial charge in [-0.3, -0.25) is 0 Å². The van der Waals surface area contributed by atoms with Crippen molar-refractivity contribution in [3.63, 3.8) is 0 Å². The number of hydrogen-bond acceptors (Lipinski definition) is 1. The second-order valence-electron chi connectivity index (χ2n) is 3.96. The van der Waals surface area contributed by atoms with E-state index in [9.17, 15) is 8.78 Å². The number of allylic oxidation sites excluding steroid dienone is 1. The lowest BCUT2D eigenvalue weighted by atomic mass is 10.0. The first kappa shape index (κ1) is 12.8. The van der Waals surface area contributed by atoms with Gasteiger partial charge in [-0.05, 0) is 43.4 Å². The van der Waals surface area contributed by atoms with E-state index in [2.05, 4.69) is 6.58 Å². The highest BCUT2D eigenvalue weighted by Gasteiger charge is 2.06. The van der Waals surface area contributed by atoms with E-state index in [1.165, 1.54) is 12.1 Å². The van der Waals surface area contributed by atoms with Crippen molar-refractivity contribution in [2.45, 2.75) is 31.7 Å². The van der Waals surface area contributed by atoms with Gasteiger partial charge < -0.3 is 5.73 Å². The van der Waals surface area contributed by atoms with Crippen LogP contribution in [0.4, 0.5) is 8.78 Å². The van der Waals surface area contributed by atoms with E-state index in [1.807, 2.05) is 6.08 Å². The zero-order valence-corrected chi connectivity index (χ0v) is 9.26. The highest BCUT2D eigenvalue weighted by molar-refractivity contribution is 5.18. The summed E-state index contributed by atoms with van der Waals surface area (Å²) in [5.74, 6) is -1.10. The highest BCUT2D eigenvalue weighted by atomic mass is 19.1. The Balaban J connectivity index is 2.48.